The SMILES string of the molecule is CNCc1c(C=O)cc(Br)cc1NC(C)C. The zero-order valence-electron chi connectivity index (χ0n) is 9.80. The quantitative estimate of drug-likeness (QED) is 0.817. The number of anilines is 1. The Balaban J connectivity index is 3.20. The van der Waals surface area contributed by atoms with Crippen LogP contribution < -0.4 is 10.6 Å². The molecule has 0 aliphatic rings. The van der Waals surface area contributed by atoms with E-state index in [0.29, 0.717) is 18.2 Å². The summed E-state index contributed by atoms with van der Waals surface area (Å²) in [5, 5.41) is 6.42. The highest BCUT2D eigenvalue weighted by atomic mass is 79.9. The number of benzene rings is 1. The van der Waals surface area contributed by atoms with Crippen LogP contribution in [0.3, 0.4) is 0 Å². The Labute approximate surface area is 105 Å². The van der Waals surface area contributed by atoms with Crippen molar-refractivity contribution in [3.8, 4) is 0 Å². The van der Waals surface area contributed by atoms with E-state index in [4.69, 9.17) is 0 Å². The van der Waals surface area contributed by atoms with Crippen LogP contribution in [0.15, 0.2) is 16.6 Å². The Hall–Kier alpha value is -0.870. The van der Waals surface area contributed by atoms with Crippen molar-refractivity contribution in [3.05, 3.63) is 27.7 Å². The van der Waals surface area contributed by atoms with Gasteiger partial charge < -0.3 is 10.6 Å². The average molecular weight is 285 g/mol. The summed E-state index contributed by atoms with van der Waals surface area (Å²) in [5.41, 5.74) is 2.72. The molecule has 0 aromatic heterocycles. The maximum atomic E-state index is 11.0. The summed E-state index contributed by atoms with van der Waals surface area (Å²) in [4.78, 5) is 11.0. The molecule has 0 saturated heterocycles. The molecule has 1 aromatic rings. The number of carbonyl (C=O) groups is 1. The first-order chi connectivity index (χ1) is 7.58. The molecular weight excluding hydrogens is 268 g/mol. The van der Waals surface area contributed by atoms with Gasteiger partial charge in [-0.25, -0.2) is 0 Å². The van der Waals surface area contributed by atoms with Crippen molar-refractivity contribution in [2.75, 3.05) is 12.4 Å². The number of hydrogen-bond donors (Lipinski definition) is 2. The van der Waals surface area contributed by atoms with Gasteiger partial charge in [-0.3, -0.25) is 4.79 Å². The molecule has 0 radical (unpaired) electrons. The predicted octanol–water partition coefficient (Wildman–Crippen LogP) is 2.80. The van der Waals surface area contributed by atoms with Gasteiger partial charge in [-0.15, -0.1) is 0 Å². The maximum Gasteiger partial charge on any atom is 0.150 e. The van der Waals surface area contributed by atoms with Gasteiger partial charge in [-0.05, 0) is 38.6 Å². The van der Waals surface area contributed by atoms with E-state index in [1.54, 1.807) is 0 Å². The Morgan fingerprint density at radius 1 is 1.44 bits per heavy atom. The van der Waals surface area contributed by atoms with E-state index < -0.39 is 0 Å². The first-order valence-electron chi connectivity index (χ1n) is 5.27. The standard InChI is InChI=1S/C12H17BrN2O/c1-8(2)15-12-5-10(13)4-9(7-16)11(12)6-14-3/h4-5,7-8,14-15H,6H2,1-3H3. The van der Waals surface area contributed by atoms with E-state index in [-0.39, 0.29) is 0 Å². The van der Waals surface area contributed by atoms with Crippen molar-refractivity contribution in [3.63, 3.8) is 0 Å². The highest BCUT2D eigenvalue weighted by Gasteiger charge is 2.10. The maximum absolute atomic E-state index is 11.0. The molecule has 2 N–H and O–H groups in total. The highest BCUT2D eigenvalue weighted by Crippen LogP contribution is 2.25. The van der Waals surface area contributed by atoms with Crippen LogP contribution in [0.2, 0.25) is 0 Å². The Morgan fingerprint density at radius 2 is 2.12 bits per heavy atom. The number of nitrogens with one attached hydrogen (secondary N) is 2. The molecule has 0 unspecified atom stereocenters. The molecule has 0 aliphatic heterocycles. The minimum atomic E-state index is 0.337. The molecule has 0 saturated carbocycles. The summed E-state index contributed by atoms with van der Waals surface area (Å²) in [6, 6.07) is 4.18. The minimum absolute atomic E-state index is 0.337. The fraction of sp³-hybridized carbons (Fsp3) is 0.417. The topological polar surface area (TPSA) is 41.1 Å². The molecule has 16 heavy (non-hydrogen) atoms. The van der Waals surface area contributed by atoms with Crippen LogP contribution in [0.5, 0.6) is 0 Å². The molecule has 4 heteroatoms. The molecule has 3 nitrogen and oxygen atoms in total. The van der Waals surface area contributed by atoms with Crippen LogP contribution in [-0.4, -0.2) is 19.4 Å². The van der Waals surface area contributed by atoms with Crippen molar-refractivity contribution in [1.82, 2.24) is 5.32 Å². The third-order valence-electron chi connectivity index (χ3n) is 2.17. The number of rotatable bonds is 5. The van der Waals surface area contributed by atoms with Gasteiger partial charge in [0.15, 0.2) is 0 Å². The van der Waals surface area contributed by atoms with E-state index in [0.717, 1.165) is 22.0 Å². The number of hydrogen-bond acceptors (Lipinski definition) is 3. The molecule has 88 valence electrons. The average Bonchev–Trinajstić information content (AvgIpc) is 2.20. The summed E-state index contributed by atoms with van der Waals surface area (Å²) in [6.45, 7) is 4.83. The van der Waals surface area contributed by atoms with Crippen LogP contribution >= 0.6 is 15.9 Å². The van der Waals surface area contributed by atoms with Crippen LogP contribution in [0, 0.1) is 0 Å². The van der Waals surface area contributed by atoms with Gasteiger partial charge in [-0.2, -0.15) is 0 Å². The zero-order valence-corrected chi connectivity index (χ0v) is 11.4. The monoisotopic (exact) mass is 284 g/mol. The van der Waals surface area contributed by atoms with Crippen LogP contribution in [0.25, 0.3) is 0 Å². The lowest BCUT2D eigenvalue weighted by Gasteiger charge is -2.17. The van der Waals surface area contributed by atoms with Crippen molar-refractivity contribution in [1.29, 1.82) is 0 Å². The van der Waals surface area contributed by atoms with Gasteiger partial charge in [-0.1, -0.05) is 15.9 Å². The molecule has 0 bridgehead atoms. The van der Waals surface area contributed by atoms with Crippen molar-refractivity contribution in [2.45, 2.75) is 26.4 Å². The van der Waals surface area contributed by atoms with Crippen molar-refractivity contribution < 1.29 is 4.79 Å². The third-order valence-corrected chi connectivity index (χ3v) is 2.63. The lowest BCUT2D eigenvalue weighted by molar-refractivity contribution is 0.112. The summed E-state index contributed by atoms with van der Waals surface area (Å²) >= 11 is 3.41. The summed E-state index contributed by atoms with van der Waals surface area (Å²) < 4.78 is 0.914. The van der Waals surface area contributed by atoms with E-state index in [9.17, 15) is 4.79 Å². The van der Waals surface area contributed by atoms with Gasteiger partial charge in [0.05, 0.1) is 0 Å². The molecule has 0 amide bonds. The second kappa shape index (κ2) is 6.01. The van der Waals surface area contributed by atoms with E-state index in [2.05, 4.69) is 40.4 Å². The van der Waals surface area contributed by atoms with Gasteiger partial charge in [0.2, 0.25) is 0 Å². The molecule has 0 aliphatic carbocycles. The number of halogens is 1. The van der Waals surface area contributed by atoms with Crippen molar-refractivity contribution >= 4 is 27.9 Å². The summed E-state index contributed by atoms with van der Waals surface area (Å²) in [6.07, 6.45) is 0.892. The Kier molecular flexibility index (Phi) is 4.96. The lowest BCUT2D eigenvalue weighted by atomic mass is 10.1. The van der Waals surface area contributed by atoms with Gasteiger partial charge in [0.1, 0.15) is 6.29 Å². The Bertz CT molecular complexity index is 378. The third kappa shape index (κ3) is 3.32. The smallest absolute Gasteiger partial charge is 0.150 e. The molecule has 1 rings (SSSR count). The van der Waals surface area contributed by atoms with Gasteiger partial charge in [0.25, 0.3) is 0 Å². The van der Waals surface area contributed by atoms with Crippen LogP contribution in [0.1, 0.15) is 29.8 Å². The Morgan fingerprint density at radius 3 is 2.62 bits per heavy atom. The predicted molar refractivity (Wildman–Crippen MR) is 71.1 cm³/mol. The second-order valence-electron chi connectivity index (χ2n) is 3.97. The minimum Gasteiger partial charge on any atom is -0.383 e. The second-order valence-corrected chi connectivity index (χ2v) is 4.88. The molecule has 1 aromatic carbocycles. The number of carbonyl (C=O) groups excluding carboxylic acids is 1. The first kappa shape index (κ1) is 13.2. The number of aldehydes is 1. The molecule has 0 fully saturated rings. The van der Waals surface area contributed by atoms with E-state index in [1.165, 1.54) is 0 Å². The highest BCUT2D eigenvalue weighted by molar-refractivity contribution is 9.10. The van der Waals surface area contributed by atoms with E-state index in [1.807, 2.05) is 19.2 Å². The van der Waals surface area contributed by atoms with Crippen LogP contribution in [0.4, 0.5) is 5.69 Å². The summed E-state index contributed by atoms with van der Waals surface area (Å²) in [5.74, 6) is 0. The lowest BCUT2D eigenvalue weighted by Crippen LogP contribution is -2.16. The van der Waals surface area contributed by atoms with Gasteiger partial charge >= 0.3 is 0 Å². The van der Waals surface area contributed by atoms with E-state index >= 15 is 0 Å². The van der Waals surface area contributed by atoms with Gasteiger partial charge in [0, 0.05) is 28.3 Å². The fourth-order valence-corrected chi connectivity index (χ4v) is 2.05. The molecule has 0 heterocycles. The largest absolute Gasteiger partial charge is 0.383 e. The molecular formula is C12H17BrN2O. The molecule has 0 spiro atoms. The van der Waals surface area contributed by atoms with Crippen molar-refractivity contribution in [2.24, 2.45) is 0 Å². The summed E-state index contributed by atoms with van der Waals surface area (Å²) in [7, 11) is 1.87. The first-order valence-corrected chi connectivity index (χ1v) is 6.06. The fourth-order valence-electron chi connectivity index (χ4n) is 1.58. The normalized spacial score (nSPS) is 10.6. The molecule has 0 atom stereocenters. The van der Waals surface area contributed by atoms with Crippen LogP contribution in [-0.2, 0) is 6.54 Å². The zero-order chi connectivity index (χ0) is 12.1.